The second-order valence-electron chi connectivity index (χ2n) is 10.3. The molecule has 0 amide bonds. The van der Waals surface area contributed by atoms with E-state index in [-0.39, 0.29) is 28.9 Å². The highest BCUT2D eigenvalue weighted by Gasteiger charge is 2.52. The number of aromatic nitrogens is 2. The number of nitriles is 1. The molecule has 2 aliphatic rings. The summed E-state index contributed by atoms with van der Waals surface area (Å²) in [6, 6.07) is 10.5. The topological polar surface area (TPSA) is 115 Å². The highest BCUT2D eigenvalue weighted by atomic mass is 16.7. The molecule has 176 valence electrons. The minimum Gasteiger partial charge on any atom is -0.393 e. The average Bonchev–Trinajstić information content (AvgIpc) is 3.02. The number of para-hydroxylation sites is 1. The summed E-state index contributed by atoms with van der Waals surface area (Å²) in [4.78, 5) is 15.0. The van der Waals surface area contributed by atoms with Gasteiger partial charge in [0.05, 0.1) is 12.3 Å². The van der Waals surface area contributed by atoms with E-state index in [4.69, 9.17) is 4.84 Å². The first-order valence-electron chi connectivity index (χ1n) is 11.7. The minimum absolute atomic E-state index is 0.117. The molecule has 33 heavy (non-hydrogen) atoms. The maximum Gasteiger partial charge on any atom is 0.249 e. The Kier molecular flexibility index (Phi) is 5.97. The van der Waals surface area contributed by atoms with Crippen LogP contribution in [0.5, 0.6) is 0 Å². The third kappa shape index (κ3) is 4.11. The summed E-state index contributed by atoms with van der Waals surface area (Å²) in [6.45, 7) is 10.5. The lowest BCUT2D eigenvalue weighted by Gasteiger charge is -2.40. The number of hydrogen-bond acceptors (Lipinski definition) is 8. The third-order valence-corrected chi connectivity index (χ3v) is 7.71. The van der Waals surface area contributed by atoms with Crippen molar-refractivity contribution in [1.29, 1.82) is 5.26 Å². The number of aliphatic hydroxyl groups excluding tert-OH is 1. The fourth-order valence-electron chi connectivity index (χ4n) is 5.10. The van der Waals surface area contributed by atoms with Gasteiger partial charge >= 0.3 is 0 Å². The molecule has 4 N–H and O–H groups in total. The Morgan fingerprint density at radius 3 is 2.70 bits per heavy atom. The van der Waals surface area contributed by atoms with Crippen molar-refractivity contribution < 1.29 is 9.94 Å². The summed E-state index contributed by atoms with van der Waals surface area (Å²) in [5.41, 5.74) is 4.39. The molecule has 8 nitrogen and oxygen atoms in total. The van der Waals surface area contributed by atoms with Crippen LogP contribution < -0.4 is 16.1 Å². The first-order valence-corrected chi connectivity index (χ1v) is 11.7. The number of anilines is 3. The lowest BCUT2D eigenvalue weighted by Crippen LogP contribution is -2.51. The van der Waals surface area contributed by atoms with Crippen molar-refractivity contribution in [3.05, 3.63) is 41.6 Å². The van der Waals surface area contributed by atoms with Gasteiger partial charge < -0.3 is 15.7 Å². The molecule has 0 spiro atoms. The van der Waals surface area contributed by atoms with Gasteiger partial charge in [-0.1, -0.05) is 45.9 Å². The van der Waals surface area contributed by atoms with E-state index in [2.05, 4.69) is 72.0 Å². The molecular weight excluding hydrogens is 416 g/mol. The van der Waals surface area contributed by atoms with Gasteiger partial charge in [0.2, 0.25) is 5.95 Å². The molecule has 1 aliphatic carbocycles. The number of nitrogens with zero attached hydrogens (tertiary/aromatic N) is 3. The molecule has 1 aliphatic heterocycles. The molecule has 2 heterocycles. The van der Waals surface area contributed by atoms with E-state index in [0.29, 0.717) is 17.8 Å². The van der Waals surface area contributed by atoms with Crippen molar-refractivity contribution in [1.82, 2.24) is 9.97 Å². The summed E-state index contributed by atoms with van der Waals surface area (Å²) in [7, 11) is 0. The van der Waals surface area contributed by atoms with E-state index < -0.39 is 5.72 Å². The van der Waals surface area contributed by atoms with Gasteiger partial charge in [-0.05, 0) is 49.7 Å². The molecule has 1 aromatic carbocycles. The number of benzene rings is 1. The maximum absolute atomic E-state index is 10.3. The fraction of sp³-hybridized carbons (Fsp3) is 0.560. The Morgan fingerprint density at radius 2 is 2.00 bits per heavy atom. The molecule has 1 fully saturated rings. The number of fused-ring (bicyclic) bond motifs is 1. The summed E-state index contributed by atoms with van der Waals surface area (Å²) < 4.78 is 0. The summed E-state index contributed by atoms with van der Waals surface area (Å²) >= 11 is 0. The van der Waals surface area contributed by atoms with Gasteiger partial charge in [0.1, 0.15) is 17.5 Å². The molecular formula is C25H34N6O2. The largest absolute Gasteiger partial charge is 0.393 e. The van der Waals surface area contributed by atoms with E-state index in [9.17, 15) is 10.4 Å². The summed E-state index contributed by atoms with van der Waals surface area (Å²) in [6.07, 6.45) is 4.37. The van der Waals surface area contributed by atoms with E-state index in [1.54, 1.807) is 0 Å². The minimum atomic E-state index is -0.722. The van der Waals surface area contributed by atoms with Crippen molar-refractivity contribution in [3.63, 3.8) is 0 Å². The standard InChI is InChI=1S/C25H34N6O2/c1-6-24(4)18-9-7-8-10-19(18)30-25(24,5)33-31-22-27-15-16(14-26)21(29-22)28-17-11-12-20(32)23(2,3)13-17/h7-10,15,17,20,30,32H,6,11-13H2,1-5H3,(H2,27,28,29,31)/t17-,20+,24+,25?/m1/s1. The zero-order valence-corrected chi connectivity index (χ0v) is 20.1. The van der Waals surface area contributed by atoms with Crippen LogP contribution in [0.3, 0.4) is 0 Å². The zero-order chi connectivity index (χ0) is 23.9. The first-order chi connectivity index (χ1) is 15.6. The average molecular weight is 451 g/mol. The van der Waals surface area contributed by atoms with Gasteiger partial charge in [0, 0.05) is 17.1 Å². The maximum atomic E-state index is 10.3. The van der Waals surface area contributed by atoms with Crippen LogP contribution in [0, 0.1) is 16.7 Å². The fourth-order valence-corrected chi connectivity index (χ4v) is 5.10. The Balaban J connectivity index is 1.51. The van der Waals surface area contributed by atoms with Gasteiger partial charge in [0.25, 0.3) is 0 Å². The highest BCUT2D eigenvalue weighted by Crippen LogP contribution is 2.49. The Morgan fingerprint density at radius 1 is 1.24 bits per heavy atom. The lowest BCUT2D eigenvalue weighted by atomic mass is 9.73. The van der Waals surface area contributed by atoms with Gasteiger partial charge in [-0.2, -0.15) is 10.2 Å². The van der Waals surface area contributed by atoms with Crippen LogP contribution in [-0.2, 0) is 10.3 Å². The second-order valence-corrected chi connectivity index (χ2v) is 10.3. The van der Waals surface area contributed by atoms with Crippen LogP contribution in [-0.4, -0.2) is 32.9 Å². The van der Waals surface area contributed by atoms with Crippen LogP contribution in [0.2, 0.25) is 0 Å². The van der Waals surface area contributed by atoms with Gasteiger partial charge in [-0.3, -0.25) is 0 Å². The van der Waals surface area contributed by atoms with E-state index in [1.165, 1.54) is 11.8 Å². The van der Waals surface area contributed by atoms with Crippen LogP contribution in [0.15, 0.2) is 30.5 Å². The highest BCUT2D eigenvalue weighted by molar-refractivity contribution is 5.63. The normalized spacial score (nSPS) is 30.1. The van der Waals surface area contributed by atoms with Crippen molar-refractivity contribution in [2.45, 2.75) is 83.6 Å². The first kappa shape index (κ1) is 23.3. The number of hydrogen-bond donors (Lipinski definition) is 4. The van der Waals surface area contributed by atoms with Crippen molar-refractivity contribution in [3.8, 4) is 6.07 Å². The Labute approximate surface area is 195 Å². The summed E-state index contributed by atoms with van der Waals surface area (Å²) in [5, 5.41) is 26.7. The number of rotatable bonds is 6. The number of aliphatic hydroxyl groups is 1. The molecule has 1 unspecified atom stereocenters. The van der Waals surface area contributed by atoms with Crippen molar-refractivity contribution >= 4 is 17.5 Å². The van der Waals surface area contributed by atoms with Crippen molar-refractivity contribution in [2.24, 2.45) is 5.41 Å². The zero-order valence-electron chi connectivity index (χ0n) is 20.1. The monoisotopic (exact) mass is 450 g/mol. The van der Waals surface area contributed by atoms with E-state index in [0.717, 1.165) is 24.9 Å². The molecule has 0 bridgehead atoms. The molecule has 1 aromatic heterocycles. The molecule has 2 aromatic rings. The van der Waals surface area contributed by atoms with E-state index in [1.807, 2.05) is 19.1 Å². The van der Waals surface area contributed by atoms with Gasteiger partial charge in [-0.15, -0.1) is 0 Å². The third-order valence-electron chi connectivity index (χ3n) is 7.71. The van der Waals surface area contributed by atoms with E-state index >= 15 is 0 Å². The van der Waals surface area contributed by atoms with Crippen LogP contribution in [0.4, 0.5) is 17.5 Å². The predicted molar refractivity (Wildman–Crippen MR) is 129 cm³/mol. The van der Waals surface area contributed by atoms with Crippen LogP contribution >= 0.6 is 0 Å². The summed E-state index contributed by atoms with van der Waals surface area (Å²) in [5.74, 6) is 0.755. The SMILES string of the molecule is CC[C@@]1(C)c2ccccc2NC1(C)ONc1ncc(C#N)c(N[C@@H]2CC[C@H](O)C(C)(C)C2)n1. The van der Waals surface area contributed by atoms with Crippen molar-refractivity contribution in [2.75, 3.05) is 16.1 Å². The van der Waals surface area contributed by atoms with Crippen LogP contribution in [0.1, 0.15) is 71.4 Å². The van der Waals surface area contributed by atoms with Gasteiger partial charge in [-0.25, -0.2) is 15.3 Å². The molecule has 1 saturated carbocycles. The number of nitrogens with one attached hydrogen (secondary N) is 3. The molecule has 8 heteroatoms. The molecule has 0 radical (unpaired) electrons. The lowest BCUT2D eigenvalue weighted by molar-refractivity contribution is -0.0283. The molecule has 4 rings (SSSR count). The Hall–Kier alpha value is -2.89. The molecule has 0 saturated heterocycles. The quantitative estimate of drug-likeness (QED) is 0.474. The van der Waals surface area contributed by atoms with Gasteiger partial charge in [0.15, 0.2) is 5.72 Å². The molecule has 4 atom stereocenters. The second kappa shape index (κ2) is 8.47. The Bertz CT molecular complexity index is 1070. The smallest absolute Gasteiger partial charge is 0.249 e. The predicted octanol–water partition coefficient (Wildman–Crippen LogP) is 4.55. The van der Waals surface area contributed by atoms with Crippen LogP contribution in [0.25, 0.3) is 0 Å².